The molecule has 1 saturated carbocycles. The summed E-state index contributed by atoms with van der Waals surface area (Å²) in [5, 5.41) is 10.3. The zero-order chi connectivity index (χ0) is 17.6. The number of nitrogens with zero attached hydrogens (tertiary/aromatic N) is 2. The normalized spacial score (nSPS) is 25.3. The lowest BCUT2D eigenvalue weighted by molar-refractivity contribution is -0.207. The second-order valence-corrected chi connectivity index (χ2v) is 7.11. The number of aryl methyl sites for hydroxylation is 1. The van der Waals surface area contributed by atoms with E-state index in [4.69, 9.17) is 9.15 Å². The summed E-state index contributed by atoms with van der Waals surface area (Å²) in [5.74, 6) is 0.542. The summed E-state index contributed by atoms with van der Waals surface area (Å²) in [6, 6.07) is 5.46. The van der Waals surface area contributed by atoms with Crippen LogP contribution in [0.2, 0.25) is 0 Å². The molecule has 1 N–H and O–H groups in total. The van der Waals surface area contributed by atoms with E-state index in [2.05, 4.69) is 4.98 Å². The number of hydrogen-bond donors (Lipinski definition) is 1. The fourth-order valence-corrected chi connectivity index (χ4v) is 4.35. The van der Waals surface area contributed by atoms with Crippen molar-refractivity contribution in [1.29, 1.82) is 0 Å². The molecule has 2 fully saturated rings. The van der Waals surface area contributed by atoms with Crippen LogP contribution in [0.5, 0.6) is 0 Å². The van der Waals surface area contributed by atoms with Crippen LogP contribution in [0.15, 0.2) is 22.6 Å². The quantitative estimate of drug-likeness (QED) is 0.926. The second-order valence-electron chi connectivity index (χ2n) is 7.11. The summed E-state index contributed by atoms with van der Waals surface area (Å²) in [6.45, 7) is 5.69. The molecule has 1 aliphatic heterocycles. The van der Waals surface area contributed by atoms with E-state index < -0.39 is 0 Å². The Labute approximate surface area is 146 Å². The molecule has 2 aromatic rings. The van der Waals surface area contributed by atoms with Gasteiger partial charge in [-0.2, -0.15) is 0 Å². The molecule has 2 atom stereocenters. The van der Waals surface area contributed by atoms with Crippen LogP contribution in [0.25, 0.3) is 11.1 Å². The first-order valence-corrected chi connectivity index (χ1v) is 9.00. The van der Waals surface area contributed by atoms with Crippen molar-refractivity contribution in [3.05, 3.63) is 29.7 Å². The Morgan fingerprint density at radius 3 is 2.88 bits per heavy atom. The maximum atomic E-state index is 13.0. The number of carbonyl (C=O) groups excluding carboxylic acids is 1. The Morgan fingerprint density at radius 1 is 1.44 bits per heavy atom. The number of aliphatic hydroxyl groups is 1. The highest BCUT2D eigenvalue weighted by molar-refractivity contribution is 6.04. The summed E-state index contributed by atoms with van der Waals surface area (Å²) in [7, 11) is 0. The molecule has 1 aromatic carbocycles. The lowest BCUT2D eigenvalue weighted by atomic mass is 9.58. The molecule has 1 amide bonds. The van der Waals surface area contributed by atoms with Crippen molar-refractivity contribution in [2.45, 2.75) is 45.3 Å². The summed E-state index contributed by atoms with van der Waals surface area (Å²) < 4.78 is 11.3. The highest BCUT2D eigenvalue weighted by Crippen LogP contribution is 2.51. The number of fused-ring (bicyclic) bond motifs is 1. The van der Waals surface area contributed by atoms with E-state index in [9.17, 15) is 9.90 Å². The first kappa shape index (κ1) is 16.5. The van der Waals surface area contributed by atoms with Gasteiger partial charge in [0.15, 0.2) is 11.5 Å². The molecular formula is C19H24N2O4. The SMILES string of the molecule is CCOC1CC(O)C12CCN(C(=O)c1cccc3oc(C)nc13)CC2. The summed E-state index contributed by atoms with van der Waals surface area (Å²) in [4.78, 5) is 19.2. The average molecular weight is 344 g/mol. The van der Waals surface area contributed by atoms with E-state index in [0.29, 0.717) is 48.7 Å². The summed E-state index contributed by atoms with van der Waals surface area (Å²) in [5.41, 5.74) is 1.67. The number of carbonyl (C=O) groups is 1. The fourth-order valence-electron chi connectivity index (χ4n) is 4.35. The highest BCUT2D eigenvalue weighted by atomic mass is 16.5. The minimum Gasteiger partial charge on any atom is -0.441 e. The molecule has 1 aromatic heterocycles. The monoisotopic (exact) mass is 344 g/mol. The number of ether oxygens (including phenoxy) is 1. The van der Waals surface area contributed by atoms with E-state index >= 15 is 0 Å². The lowest BCUT2D eigenvalue weighted by Crippen LogP contribution is -2.62. The third kappa shape index (κ3) is 2.55. The molecule has 134 valence electrons. The van der Waals surface area contributed by atoms with Crippen LogP contribution in [0.3, 0.4) is 0 Å². The standard InChI is InChI=1S/C19H24N2O4/c1-3-24-16-11-15(22)19(16)7-9-21(10-8-19)18(23)13-5-4-6-14-17(13)20-12(2)25-14/h4-6,15-16,22H,3,7-11H2,1-2H3. The highest BCUT2D eigenvalue weighted by Gasteiger charge is 2.56. The molecule has 6 heteroatoms. The Hall–Kier alpha value is -1.92. The van der Waals surface area contributed by atoms with Crippen LogP contribution in [0, 0.1) is 12.3 Å². The number of rotatable bonds is 3. The van der Waals surface area contributed by atoms with Crippen molar-refractivity contribution in [2.24, 2.45) is 5.41 Å². The van der Waals surface area contributed by atoms with Crippen LogP contribution < -0.4 is 0 Å². The van der Waals surface area contributed by atoms with Crippen molar-refractivity contribution < 1.29 is 19.1 Å². The lowest BCUT2D eigenvalue weighted by Gasteiger charge is -2.56. The number of likely N-dealkylation sites (tertiary alicyclic amines) is 1. The number of hydrogen-bond acceptors (Lipinski definition) is 5. The predicted molar refractivity (Wildman–Crippen MR) is 92.4 cm³/mol. The average Bonchev–Trinajstić information content (AvgIpc) is 3.01. The van der Waals surface area contributed by atoms with Crippen molar-refractivity contribution in [3.63, 3.8) is 0 Å². The fraction of sp³-hybridized carbons (Fsp3) is 0.579. The number of oxazole rings is 1. The predicted octanol–water partition coefficient (Wildman–Crippen LogP) is 2.53. The van der Waals surface area contributed by atoms with Crippen LogP contribution in [-0.4, -0.2) is 52.8 Å². The van der Waals surface area contributed by atoms with Gasteiger partial charge in [0.2, 0.25) is 0 Å². The Morgan fingerprint density at radius 2 is 2.20 bits per heavy atom. The van der Waals surface area contributed by atoms with Crippen LogP contribution in [0.1, 0.15) is 42.4 Å². The number of para-hydroxylation sites is 1. The molecule has 4 rings (SSSR count). The van der Waals surface area contributed by atoms with Gasteiger partial charge in [-0.05, 0) is 31.9 Å². The van der Waals surface area contributed by atoms with Crippen molar-refractivity contribution >= 4 is 17.0 Å². The second kappa shape index (κ2) is 6.11. The van der Waals surface area contributed by atoms with Gasteiger partial charge >= 0.3 is 0 Å². The molecule has 25 heavy (non-hydrogen) atoms. The maximum Gasteiger partial charge on any atom is 0.256 e. The van der Waals surface area contributed by atoms with Crippen LogP contribution in [-0.2, 0) is 4.74 Å². The largest absolute Gasteiger partial charge is 0.441 e. The van der Waals surface area contributed by atoms with Gasteiger partial charge in [-0.1, -0.05) is 6.07 Å². The molecule has 1 saturated heterocycles. The number of piperidine rings is 1. The van der Waals surface area contributed by atoms with Gasteiger partial charge in [0.1, 0.15) is 5.52 Å². The van der Waals surface area contributed by atoms with Gasteiger partial charge in [0, 0.05) is 38.5 Å². The number of benzene rings is 1. The summed E-state index contributed by atoms with van der Waals surface area (Å²) in [6.07, 6.45) is 2.06. The van der Waals surface area contributed by atoms with Gasteiger partial charge in [0.25, 0.3) is 5.91 Å². The zero-order valence-electron chi connectivity index (χ0n) is 14.7. The molecule has 2 heterocycles. The van der Waals surface area contributed by atoms with Gasteiger partial charge in [-0.15, -0.1) is 0 Å². The van der Waals surface area contributed by atoms with E-state index in [-0.39, 0.29) is 23.5 Å². The minimum atomic E-state index is -0.317. The van der Waals surface area contributed by atoms with E-state index in [0.717, 1.165) is 12.8 Å². The minimum absolute atomic E-state index is 0.0180. The molecule has 6 nitrogen and oxygen atoms in total. The molecule has 1 aliphatic carbocycles. The van der Waals surface area contributed by atoms with Crippen molar-refractivity contribution in [1.82, 2.24) is 9.88 Å². The first-order chi connectivity index (χ1) is 12.0. The Kier molecular flexibility index (Phi) is 4.04. The van der Waals surface area contributed by atoms with Crippen LogP contribution in [0.4, 0.5) is 0 Å². The molecular weight excluding hydrogens is 320 g/mol. The Bertz CT molecular complexity index is 790. The molecule has 2 unspecified atom stereocenters. The van der Waals surface area contributed by atoms with Crippen molar-refractivity contribution in [2.75, 3.05) is 19.7 Å². The van der Waals surface area contributed by atoms with E-state index in [1.54, 1.807) is 13.0 Å². The van der Waals surface area contributed by atoms with E-state index in [1.165, 1.54) is 0 Å². The topological polar surface area (TPSA) is 75.8 Å². The molecule has 2 aliphatic rings. The van der Waals surface area contributed by atoms with Gasteiger partial charge in [-0.25, -0.2) is 4.98 Å². The van der Waals surface area contributed by atoms with Crippen LogP contribution >= 0.6 is 0 Å². The van der Waals surface area contributed by atoms with Gasteiger partial charge < -0.3 is 19.2 Å². The smallest absolute Gasteiger partial charge is 0.256 e. The van der Waals surface area contributed by atoms with Crippen molar-refractivity contribution in [3.8, 4) is 0 Å². The van der Waals surface area contributed by atoms with E-state index in [1.807, 2.05) is 24.0 Å². The third-order valence-electron chi connectivity index (χ3n) is 5.85. The number of amides is 1. The third-order valence-corrected chi connectivity index (χ3v) is 5.85. The first-order valence-electron chi connectivity index (χ1n) is 9.00. The number of aliphatic hydroxyl groups excluding tert-OH is 1. The van der Waals surface area contributed by atoms with Gasteiger partial charge in [-0.3, -0.25) is 4.79 Å². The number of aromatic nitrogens is 1. The molecule has 0 bridgehead atoms. The maximum absolute atomic E-state index is 13.0. The molecule has 0 radical (unpaired) electrons. The zero-order valence-corrected chi connectivity index (χ0v) is 14.7. The Balaban J connectivity index is 1.51. The summed E-state index contributed by atoms with van der Waals surface area (Å²) >= 11 is 0. The van der Waals surface area contributed by atoms with Gasteiger partial charge in [0.05, 0.1) is 17.8 Å². The molecule has 1 spiro atoms.